The van der Waals surface area contributed by atoms with Crippen LogP contribution in [0.25, 0.3) is 0 Å². The molecular formula is C26H31NO8. The number of hydrogen-bond acceptors (Lipinski definition) is 8. The molecule has 2 aromatic carbocycles. The van der Waals surface area contributed by atoms with E-state index >= 15 is 0 Å². The first-order valence-electron chi connectivity index (χ1n) is 11.5. The quantitative estimate of drug-likeness (QED) is 0.373. The Labute approximate surface area is 204 Å². The van der Waals surface area contributed by atoms with Crippen LogP contribution in [-0.2, 0) is 32.0 Å². The normalized spacial score (nSPS) is 18.6. The van der Waals surface area contributed by atoms with Crippen LogP contribution in [0.5, 0.6) is 11.5 Å². The van der Waals surface area contributed by atoms with Crippen molar-refractivity contribution in [2.24, 2.45) is 0 Å². The number of rotatable bonds is 5. The minimum absolute atomic E-state index is 0.00353. The summed E-state index contributed by atoms with van der Waals surface area (Å²) >= 11 is 0. The maximum atomic E-state index is 12.8. The average molecular weight is 486 g/mol. The minimum Gasteiger partial charge on any atom is -0.489 e. The van der Waals surface area contributed by atoms with Gasteiger partial charge in [-0.1, -0.05) is 43.3 Å². The number of ether oxygens (including phenoxy) is 5. The van der Waals surface area contributed by atoms with Crippen LogP contribution in [-0.4, -0.2) is 42.6 Å². The first-order chi connectivity index (χ1) is 16.6. The van der Waals surface area contributed by atoms with Crippen molar-refractivity contribution >= 4 is 18.2 Å². The largest absolute Gasteiger partial charge is 0.514 e. The second-order valence-electron chi connectivity index (χ2n) is 9.08. The molecule has 0 saturated heterocycles. The van der Waals surface area contributed by atoms with E-state index in [1.54, 1.807) is 45.9 Å². The van der Waals surface area contributed by atoms with Gasteiger partial charge in [0.25, 0.3) is 0 Å². The van der Waals surface area contributed by atoms with Crippen molar-refractivity contribution in [3.05, 3.63) is 59.7 Å². The Bertz CT molecular complexity index is 1030. The molecule has 35 heavy (non-hydrogen) atoms. The average Bonchev–Trinajstić information content (AvgIpc) is 2.81. The van der Waals surface area contributed by atoms with Crippen molar-refractivity contribution in [3.63, 3.8) is 0 Å². The molecule has 1 N–H and O–H groups in total. The Hall–Kier alpha value is -3.75. The van der Waals surface area contributed by atoms with Crippen LogP contribution in [0.2, 0.25) is 0 Å². The van der Waals surface area contributed by atoms with Crippen molar-refractivity contribution in [2.75, 3.05) is 6.61 Å². The molecule has 0 saturated carbocycles. The lowest BCUT2D eigenvalue weighted by molar-refractivity contribution is -0.149. The molecule has 0 spiro atoms. The molecule has 1 amide bonds. The summed E-state index contributed by atoms with van der Waals surface area (Å²) in [6.45, 7) is 7.09. The van der Waals surface area contributed by atoms with Crippen molar-refractivity contribution in [1.82, 2.24) is 5.32 Å². The first-order valence-corrected chi connectivity index (χ1v) is 11.5. The SMILES string of the molecule is CCC1COC(=O)C(NC(=O)OC(C)(C)C)Cc2ccc(OCc3ccccc3)cc2OC(=O)O1. The van der Waals surface area contributed by atoms with Crippen LogP contribution < -0.4 is 14.8 Å². The van der Waals surface area contributed by atoms with Gasteiger partial charge in [0, 0.05) is 12.5 Å². The van der Waals surface area contributed by atoms with E-state index in [0.29, 0.717) is 24.3 Å². The predicted octanol–water partition coefficient (Wildman–Crippen LogP) is 4.55. The maximum Gasteiger partial charge on any atom is 0.514 e. The molecule has 0 radical (unpaired) electrons. The van der Waals surface area contributed by atoms with Gasteiger partial charge in [0.05, 0.1) is 0 Å². The van der Waals surface area contributed by atoms with E-state index in [0.717, 1.165) is 5.56 Å². The molecule has 3 rings (SSSR count). The third-order valence-electron chi connectivity index (χ3n) is 5.01. The number of carbonyl (C=O) groups excluding carboxylic acids is 3. The van der Waals surface area contributed by atoms with Crippen LogP contribution in [0.15, 0.2) is 48.5 Å². The van der Waals surface area contributed by atoms with E-state index < -0.39 is 36.0 Å². The molecule has 0 bridgehead atoms. The number of nitrogens with one attached hydrogen (secondary N) is 1. The molecule has 0 aromatic heterocycles. The number of fused-ring (bicyclic) bond motifs is 1. The number of benzene rings is 2. The van der Waals surface area contributed by atoms with Gasteiger partial charge in [-0.3, -0.25) is 0 Å². The molecule has 9 nitrogen and oxygen atoms in total. The van der Waals surface area contributed by atoms with Crippen molar-refractivity contribution in [2.45, 2.75) is 64.9 Å². The maximum absolute atomic E-state index is 12.8. The summed E-state index contributed by atoms with van der Waals surface area (Å²) in [5.74, 6) is -0.0646. The summed E-state index contributed by atoms with van der Waals surface area (Å²) in [4.78, 5) is 37.6. The standard InChI is InChI=1S/C26H31NO8/c1-5-19-16-32-23(28)21(27-24(29)35-26(2,3)4)13-18-11-12-20(14-22(18)34-25(30)33-19)31-15-17-9-7-6-8-10-17/h6-12,14,19,21H,5,13,15-16H2,1-4H3,(H,27,29). The lowest BCUT2D eigenvalue weighted by atomic mass is 10.0. The Morgan fingerprint density at radius 1 is 1.11 bits per heavy atom. The van der Waals surface area contributed by atoms with Gasteiger partial charge in [-0.2, -0.15) is 0 Å². The summed E-state index contributed by atoms with van der Waals surface area (Å²) in [5.41, 5.74) is 0.697. The number of cyclic esters (lactones) is 2. The van der Waals surface area contributed by atoms with E-state index in [9.17, 15) is 14.4 Å². The fraction of sp³-hybridized carbons (Fsp3) is 0.423. The zero-order chi connectivity index (χ0) is 25.4. The molecule has 2 aromatic rings. The van der Waals surface area contributed by atoms with Gasteiger partial charge in [-0.05, 0) is 44.4 Å². The first kappa shape index (κ1) is 25.9. The summed E-state index contributed by atoms with van der Waals surface area (Å²) < 4.78 is 27.2. The van der Waals surface area contributed by atoms with Gasteiger partial charge in [0.15, 0.2) is 0 Å². The molecule has 188 valence electrons. The molecule has 1 aliphatic heterocycles. The molecule has 2 unspecified atom stereocenters. The highest BCUT2D eigenvalue weighted by molar-refractivity contribution is 5.82. The van der Waals surface area contributed by atoms with Crippen LogP contribution >= 0.6 is 0 Å². The van der Waals surface area contributed by atoms with Crippen molar-refractivity contribution in [1.29, 1.82) is 0 Å². The Morgan fingerprint density at radius 2 is 1.86 bits per heavy atom. The fourth-order valence-corrected chi connectivity index (χ4v) is 3.25. The van der Waals surface area contributed by atoms with Gasteiger partial charge in [0.1, 0.15) is 42.5 Å². The lowest BCUT2D eigenvalue weighted by Crippen LogP contribution is -2.46. The van der Waals surface area contributed by atoms with Crippen molar-refractivity contribution in [3.8, 4) is 11.5 Å². The number of esters is 1. The lowest BCUT2D eigenvalue weighted by Gasteiger charge is -2.23. The molecule has 1 aliphatic rings. The number of amides is 1. The molecule has 0 aliphatic carbocycles. The molecule has 1 heterocycles. The van der Waals surface area contributed by atoms with Gasteiger partial charge >= 0.3 is 18.2 Å². The highest BCUT2D eigenvalue weighted by atomic mass is 16.7. The highest BCUT2D eigenvalue weighted by Crippen LogP contribution is 2.28. The Balaban J connectivity index is 1.86. The summed E-state index contributed by atoms with van der Waals surface area (Å²) in [7, 11) is 0. The zero-order valence-corrected chi connectivity index (χ0v) is 20.4. The van der Waals surface area contributed by atoms with E-state index in [-0.39, 0.29) is 18.8 Å². The summed E-state index contributed by atoms with van der Waals surface area (Å²) in [6, 6.07) is 13.4. The van der Waals surface area contributed by atoms with Crippen molar-refractivity contribution < 1.29 is 38.1 Å². The Kier molecular flexibility index (Phi) is 8.57. The fourth-order valence-electron chi connectivity index (χ4n) is 3.25. The van der Waals surface area contributed by atoms with Gasteiger partial charge in [-0.25, -0.2) is 14.4 Å². The third-order valence-corrected chi connectivity index (χ3v) is 5.01. The summed E-state index contributed by atoms with van der Waals surface area (Å²) in [5, 5.41) is 2.56. The predicted molar refractivity (Wildman–Crippen MR) is 126 cm³/mol. The smallest absolute Gasteiger partial charge is 0.489 e. The second-order valence-corrected chi connectivity index (χ2v) is 9.08. The van der Waals surface area contributed by atoms with Gasteiger partial charge in [0.2, 0.25) is 0 Å². The number of hydrogen-bond donors (Lipinski definition) is 1. The molecule has 2 atom stereocenters. The van der Waals surface area contributed by atoms with Gasteiger partial charge in [-0.15, -0.1) is 0 Å². The van der Waals surface area contributed by atoms with E-state index in [1.165, 1.54) is 0 Å². The molecule has 0 fully saturated rings. The second kappa shape index (κ2) is 11.6. The molecule has 9 heteroatoms. The van der Waals surface area contributed by atoms with Gasteiger partial charge < -0.3 is 29.0 Å². The summed E-state index contributed by atoms with van der Waals surface area (Å²) in [6.07, 6.45) is -1.99. The van der Waals surface area contributed by atoms with E-state index in [4.69, 9.17) is 23.7 Å². The van der Waals surface area contributed by atoms with Crippen LogP contribution in [0.1, 0.15) is 45.2 Å². The monoisotopic (exact) mass is 485 g/mol. The highest BCUT2D eigenvalue weighted by Gasteiger charge is 2.30. The number of alkyl carbamates (subject to hydrolysis) is 1. The molecular weight excluding hydrogens is 454 g/mol. The van der Waals surface area contributed by atoms with Crippen LogP contribution in [0.3, 0.4) is 0 Å². The van der Waals surface area contributed by atoms with Crippen LogP contribution in [0.4, 0.5) is 9.59 Å². The Morgan fingerprint density at radius 3 is 2.54 bits per heavy atom. The van der Waals surface area contributed by atoms with E-state index in [1.807, 2.05) is 30.3 Å². The third kappa shape index (κ3) is 8.20. The van der Waals surface area contributed by atoms with Crippen LogP contribution in [0, 0.1) is 0 Å². The zero-order valence-electron chi connectivity index (χ0n) is 20.4. The minimum atomic E-state index is -1.08. The topological polar surface area (TPSA) is 109 Å². The number of carbonyl (C=O) groups is 3. The van der Waals surface area contributed by atoms with E-state index in [2.05, 4.69) is 5.32 Å².